The molecule has 4 aromatic rings. The lowest BCUT2D eigenvalue weighted by atomic mass is 10.0. The van der Waals surface area contributed by atoms with E-state index < -0.39 is 5.95 Å². The molecule has 0 spiro atoms. The van der Waals surface area contributed by atoms with Crippen LogP contribution >= 0.6 is 11.6 Å². The monoisotopic (exact) mass is 407 g/mol. The van der Waals surface area contributed by atoms with E-state index in [2.05, 4.69) is 0 Å². The minimum absolute atomic E-state index is 0.0263. The molecule has 0 unspecified atom stereocenters. The molecule has 0 aliphatic rings. The third-order valence-corrected chi connectivity index (χ3v) is 4.75. The van der Waals surface area contributed by atoms with Crippen molar-refractivity contribution in [2.24, 2.45) is 4.99 Å². The van der Waals surface area contributed by atoms with E-state index in [0.29, 0.717) is 29.5 Å². The quantitative estimate of drug-likeness (QED) is 0.465. The van der Waals surface area contributed by atoms with Crippen LogP contribution in [0.5, 0.6) is 5.95 Å². The Balaban J connectivity index is 1.81. The first kappa shape index (κ1) is 19.0. The number of hydrogen-bond donors (Lipinski definition) is 1. The van der Waals surface area contributed by atoms with Gasteiger partial charge in [0.05, 0.1) is 5.71 Å². The van der Waals surface area contributed by atoms with Gasteiger partial charge in [0.2, 0.25) is 11.0 Å². The molecule has 0 saturated heterocycles. The Morgan fingerprint density at radius 3 is 2.59 bits per heavy atom. The number of fused-ring (bicyclic) bond motifs is 1. The van der Waals surface area contributed by atoms with Gasteiger partial charge in [-0.05, 0) is 31.0 Å². The molecule has 5 nitrogen and oxygen atoms in total. The van der Waals surface area contributed by atoms with Crippen LogP contribution < -0.4 is 5.43 Å². The summed E-state index contributed by atoms with van der Waals surface area (Å²) in [5, 5.41) is 11.1. The van der Waals surface area contributed by atoms with Gasteiger partial charge in [-0.25, -0.2) is 0 Å². The minimum Gasteiger partial charge on any atom is -0.480 e. The maximum Gasteiger partial charge on any atom is 0.296 e. The van der Waals surface area contributed by atoms with Crippen molar-refractivity contribution >= 4 is 28.5 Å². The number of rotatable bonds is 5. The molecular formula is C23H18ClNO4. The number of benzene rings is 2. The van der Waals surface area contributed by atoms with Gasteiger partial charge in [0.15, 0.2) is 5.58 Å². The van der Waals surface area contributed by atoms with E-state index in [1.807, 2.05) is 54.6 Å². The summed E-state index contributed by atoms with van der Waals surface area (Å²) in [6, 6.07) is 18.3. The molecule has 1 N–H and O–H groups in total. The fourth-order valence-electron chi connectivity index (χ4n) is 3.21. The molecule has 2 heterocycles. The van der Waals surface area contributed by atoms with Crippen molar-refractivity contribution in [3.05, 3.63) is 98.4 Å². The van der Waals surface area contributed by atoms with Crippen molar-refractivity contribution in [2.45, 2.75) is 13.3 Å². The first-order chi connectivity index (χ1) is 14.0. The van der Waals surface area contributed by atoms with Crippen LogP contribution in [0.2, 0.25) is 5.02 Å². The normalized spacial score (nSPS) is 11.9. The lowest BCUT2D eigenvalue weighted by Gasteiger charge is -2.07. The van der Waals surface area contributed by atoms with Gasteiger partial charge in [0, 0.05) is 23.2 Å². The topological polar surface area (TPSA) is 75.9 Å². The van der Waals surface area contributed by atoms with E-state index in [4.69, 9.17) is 25.4 Å². The lowest BCUT2D eigenvalue weighted by molar-refractivity contribution is 0.345. The maximum absolute atomic E-state index is 12.2. The Morgan fingerprint density at radius 1 is 1.03 bits per heavy atom. The SMILES string of the molecule is Cc1cc(=O)c2oc(O)c(C(=NCCc3cccc(Cl)c3)c3ccccc3)c2o1. The molecule has 0 bridgehead atoms. The van der Waals surface area contributed by atoms with Crippen LogP contribution in [0.1, 0.15) is 22.5 Å². The van der Waals surface area contributed by atoms with Crippen LogP contribution in [-0.2, 0) is 6.42 Å². The Bertz CT molecular complexity index is 1260. The summed E-state index contributed by atoms with van der Waals surface area (Å²) >= 11 is 6.06. The Hall–Kier alpha value is -3.31. The van der Waals surface area contributed by atoms with Crippen LogP contribution in [-0.4, -0.2) is 17.4 Å². The molecule has 2 aromatic heterocycles. The Kier molecular flexibility index (Phi) is 5.23. The molecule has 29 heavy (non-hydrogen) atoms. The summed E-state index contributed by atoms with van der Waals surface area (Å²) in [6.45, 7) is 2.12. The fourth-order valence-corrected chi connectivity index (χ4v) is 3.43. The lowest BCUT2D eigenvalue weighted by Crippen LogP contribution is -2.06. The molecule has 0 fully saturated rings. The second-order valence-corrected chi connectivity index (χ2v) is 7.07. The van der Waals surface area contributed by atoms with Gasteiger partial charge in [0.1, 0.15) is 11.3 Å². The number of hydrogen-bond acceptors (Lipinski definition) is 5. The minimum atomic E-state index is -0.392. The van der Waals surface area contributed by atoms with E-state index in [-0.39, 0.29) is 22.2 Å². The van der Waals surface area contributed by atoms with E-state index in [0.717, 1.165) is 11.1 Å². The highest BCUT2D eigenvalue weighted by Crippen LogP contribution is 2.32. The maximum atomic E-state index is 12.2. The average molecular weight is 408 g/mol. The van der Waals surface area contributed by atoms with Gasteiger partial charge in [-0.3, -0.25) is 9.79 Å². The van der Waals surface area contributed by atoms with Crippen molar-refractivity contribution in [3.8, 4) is 5.95 Å². The van der Waals surface area contributed by atoms with Crippen LogP contribution in [0.25, 0.3) is 11.2 Å². The smallest absolute Gasteiger partial charge is 0.296 e. The van der Waals surface area contributed by atoms with Crippen molar-refractivity contribution in [1.29, 1.82) is 0 Å². The van der Waals surface area contributed by atoms with Crippen molar-refractivity contribution in [2.75, 3.05) is 6.54 Å². The van der Waals surface area contributed by atoms with Crippen LogP contribution in [0.4, 0.5) is 0 Å². The van der Waals surface area contributed by atoms with Gasteiger partial charge < -0.3 is 13.9 Å². The standard InChI is InChI=1S/C23H18ClNO4/c1-14-12-18(26)21-22(28-14)19(23(27)29-21)20(16-7-3-2-4-8-16)25-11-10-15-6-5-9-17(24)13-15/h2-9,12-13,27H,10-11H2,1H3. The second-order valence-electron chi connectivity index (χ2n) is 6.64. The van der Waals surface area contributed by atoms with E-state index >= 15 is 0 Å². The zero-order chi connectivity index (χ0) is 20.4. The summed E-state index contributed by atoms with van der Waals surface area (Å²) < 4.78 is 11.0. The predicted molar refractivity (Wildman–Crippen MR) is 113 cm³/mol. The molecule has 0 saturated carbocycles. The number of nitrogens with zero attached hydrogens (tertiary/aromatic N) is 1. The first-order valence-corrected chi connectivity index (χ1v) is 9.51. The molecular weight excluding hydrogens is 390 g/mol. The number of halogens is 1. The van der Waals surface area contributed by atoms with Crippen molar-refractivity contribution in [1.82, 2.24) is 0 Å². The summed E-state index contributed by atoms with van der Waals surface area (Å²) in [5.74, 6) is 0.0349. The van der Waals surface area contributed by atoms with Gasteiger partial charge in [-0.2, -0.15) is 0 Å². The highest BCUT2D eigenvalue weighted by Gasteiger charge is 2.24. The fraction of sp³-hybridized carbons (Fsp3) is 0.130. The first-order valence-electron chi connectivity index (χ1n) is 9.14. The van der Waals surface area contributed by atoms with Crippen molar-refractivity contribution < 1.29 is 13.9 Å². The molecule has 6 heteroatoms. The largest absolute Gasteiger partial charge is 0.480 e. The molecule has 0 aliphatic heterocycles. The zero-order valence-corrected chi connectivity index (χ0v) is 16.4. The Labute approximate surface area is 171 Å². The van der Waals surface area contributed by atoms with E-state index in [1.165, 1.54) is 6.07 Å². The van der Waals surface area contributed by atoms with Gasteiger partial charge in [-0.1, -0.05) is 54.1 Å². The van der Waals surface area contributed by atoms with E-state index in [1.54, 1.807) is 6.92 Å². The molecule has 0 amide bonds. The molecule has 146 valence electrons. The summed E-state index contributed by atoms with van der Waals surface area (Å²) in [4.78, 5) is 17.0. The number of aliphatic imine (C=N–C) groups is 1. The van der Waals surface area contributed by atoms with Crippen LogP contribution in [0, 0.1) is 6.92 Å². The van der Waals surface area contributed by atoms with Gasteiger partial charge in [0.25, 0.3) is 5.95 Å². The third kappa shape index (κ3) is 3.96. The molecule has 2 aromatic carbocycles. The highest BCUT2D eigenvalue weighted by atomic mass is 35.5. The summed E-state index contributed by atoms with van der Waals surface area (Å²) in [7, 11) is 0. The number of aromatic hydroxyl groups is 1. The molecule has 0 atom stereocenters. The zero-order valence-electron chi connectivity index (χ0n) is 15.7. The summed E-state index contributed by atoms with van der Waals surface area (Å²) in [6.07, 6.45) is 0.663. The van der Waals surface area contributed by atoms with Gasteiger partial charge in [-0.15, -0.1) is 0 Å². The Morgan fingerprint density at radius 2 is 1.83 bits per heavy atom. The third-order valence-electron chi connectivity index (χ3n) is 4.51. The van der Waals surface area contributed by atoms with E-state index in [9.17, 15) is 9.90 Å². The molecule has 0 radical (unpaired) electrons. The second kappa shape index (κ2) is 7.97. The predicted octanol–water partition coefficient (Wildman–Crippen LogP) is 5.13. The van der Waals surface area contributed by atoms with Crippen LogP contribution in [0.15, 0.2) is 79.3 Å². The molecule has 4 rings (SSSR count). The highest BCUT2D eigenvalue weighted by molar-refractivity contribution is 6.30. The molecule has 0 aliphatic carbocycles. The average Bonchev–Trinajstić information content (AvgIpc) is 3.02. The van der Waals surface area contributed by atoms with Crippen molar-refractivity contribution in [3.63, 3.8) is 0 Å². The number of furan rings is 1. The van der Waals surface area contributed by atoms with Gasteiger partial charge >= 0.3 is 0 Å². The summed E-state index contributed by atoms with van der Waals surface area (Å²) in [5.41, 5.74) is 2.42. The van der Waals surface area contributed by atoms with Crippen LogP contribution in [0.3, 0.4) is 0 Å². The number of aryl methyl sites for hydroxylation is 1.